The first-order valence-corrected chi connectivity index (χ1v) is 8.25. The summed E-state index contributed by atoms with van der Waals surface area (Å²) in [4.78, 5) is 12.1. The third-order valence-electron chi connectivity index (χ3n) is 2.98. The van der Waals surface area contributed by atoms with Gasteiger partial charge in [-0.25, -0.2) is 8.42 Å². The largest absolute Gasteiger partial charge is 0.378 e. The van der Waals surface area contributed by atoms with Crippen LogP contribution in [0.1, 0.15) is 6.42 Å². The SMILES string of the molecule is CS(=O)(=O)c1cccc(NC(=O)CC2COCCN2)c1.Cl. The maximum absolute atomic E-state index is 11.9. The first kappa shape index (κ1) is 17.9. The number of ether oxygens (including phenoxy) is 1. The van der Waals surface area contributed by atoms with Crippen molar-refractivity contribution in [3.05, 3.63) is 24.3 Å². The summed E-state index contributed by atoms with van der Waals surface area (Å²) in [7, 11) is -3.27. The molecule has 0 aliphatic carbocycles. The van der Waals surface area contributed by atoms with Crippen LogP contribution in [0.15, 0.2) is 29.2 Å². The van der Waals surface area contributed by atoms with Gasteiger partial charge in [-0.05, 0) is 18.2 Å². The molecule has 1 aromatic rings. The van der Waals surface area contributed by atoms with Crippen molar-refractivity contribution in [3.8, 4) is 0 Å². The molecule has 6 nitrogen and oxygen atoms in total. The van der Waals surface area contributed by atoms with Gasteiger partial charge in [0.2, 0.25) is 5.91 Å². The van der Waals surface area contributed by atoms with Gasteiger partial charge < -0.3 is 15.4 Å². The van der Waals surface area contributed by atoms with Gasteiger partial charge in [0.25, 0.3) is 0 Å². The van der Waals surface area contributed by atoms with E-state index >= 15 is 0 Å². The second kappa shape index (κ2) is 7.74. The summed E-state index contributed by atoms with van der Waals surface area (Å²) in [6.07, 6.45) is 1.43. The second-order valence-electron chi connectivity index (χ2n) is 4.78. The number of hydrogen-bond acceptors (Lipinski definition) is 5. The predicted molar refractivity (Wildman–Crippen MR) is 82.7 cm³/mol. The minimum absolute atomic E-state index is 0. The zero-order valence-corrected chi connectivity index (χ0v) is 13.3. The highest BCUT2D eigenvalue weighted by Gasteiger charge is 2.17. The molecule has 0 spiro atoms. The average molecular weight is 335 g/mol. The van der Waals surface area contributed by atoms with Crippen molar-refractivity contribution in [1.82, 2.24) is 5.32 Å². The molecule has 2 N–H and O–H groups in total. The van der Waals surface area contributed by atoms with E-state index in [4.69, 9.17) is 4.74 Å². The molecule has 1 fully saturated rings. The van der Waals surface area contributed by atoms with Gasteiger partial charge in [0, 0.05) is 31.0 Å². The number of carbonyl (C=O) groups is 1. The summed E-state index contributed by atoms with van der Waals surface area (Å²) in [6, 6.07) is 6.23. The number of halogens is 1. The number of anilines is 1. The lowest BCUT2D eigenvalue weighted by Crippen LogP contribution is -2.43. The molecule has 1 saturated heterocycles. The topological polar surface area (TPSA) is 84.5 Å². The van der Waals surface area contributed by atoms with E-state index in [1.165, 1.54) is 12.1 Å². The molecule has 0 aromatic heterocycles. The Balaban J connectivity index is 0.00000220. The quantitative estimate of drug-likeness (QED) is 0.852. The molecule has 8 heteroatoms. The summed E-state index contributed by atoms with van der Waals surface area (Å²) >= 11 is 0. The van der Waals surface area contributed by atoms with Crippen LogP contribution in [0.25, 0.3) is 0 Å². The Morgan fingerprint density at radius 2 is 2.24 bits per heavy atom. The third-order valence-corrected chi connectivity index (χ3v) is 4.09. The van der Waals surface area contributed by atoms with E-state index in [0.29, 0.717) is 25.3 Å². The zero-order valence-electron chi connectivity index (χ0n) is 11.7. The summed E-state index contributed by atoms with van der Waals surface area (Å²) in [5.74, 6) is -0.168. The van der Waals surface area contributed by atoms with Gasteiger partial charge >= 0.3 is 0 Å². The number of sulfone groups is 1. The first-order chi connectivity index (χ1) is 9.45. The molecule has 1 heterocycles. The van der Waals surface area contributed by atoms with Crippen LogP contribution >= 0.6 is 12.4 Å². The highest BCUT2D eigenvalue weighted by molar-refractivity contribution is 7.90. The number of benzene rings is 1. The van der Waals surface area contributed by atoms with Gasteiger partial charge in [0.05, 0.1) is 18.1 Å². The Bertz CT molecular complexity index is 586. The fourth-order valence-corrected chi connectivity index (χ4v) is 2.66. The first-order valence-electron chi connectivity index (χ1n) is 6.36. The Labute approximate surface area is 130 Å². The van der Waals surface area contributed by atoms with Crippen molar-refractivity contribution in [3.63, 3.8) is 0 Å². The van der Waals surface area contributed by atoms with E-state index in [2.05, 4.69) is 10.6 Å². The molecular weight excluding hydrogens is 316 g/mol. The third kappa shape index (κ3) is 5.62. The van der Waals surface area contributed by atoms with Crippen LogP contribution in [0.4, 0.5) is 5.69 Å². The highest BCUT2D eigenvalue weighted by Crippen LogP contribution is 2.15. The van der Waals surface area contributed by atoms with Gasteiger partial charge in [0.15, 0.2) is 9.84 Å². The summed E-state index contributed by atoms with van der Waals surface area (Å²) in [5, 5.41) is 5.89. The van der Waals surface area contributed by atoms with E-state index in [-0.39, 0.29) is 29.3 Å². The fourth-order valence-electron chi connectivity index (χ4n) is 1.99. The Morgan fingerprint density at radius 1 is 1.48 bits per heavy atom. The highest BCUT2D eigenvalue weighted by atomic mass is 35.5. The van der Waals surface area contributed by atoms with E-state index in [1.54, 1.807) is 12.1 Å². The summed E-state index contributed by atoms with van der Waals surface area (Å²) < 4.78 is 28.2. The fraction of sp³-hybridized carbons (Fsp3) is 0.462. The standard InChI is InChI=1S/C13H18N2O4S.ClH/c1-20(17,18)12-4-2-3-10(7-12)15-13(16)8-11-9-19-6-5-14-11;/h2-4,7,11,14H,5-6,8-9H2,1H3,(H,15,16);1H. The van der Waals surface area contributed by atoms with Crippen molar-refractivity contribution in [2.75, 3.05) is 31.3 Å². The smallest absolute Gasteiger partial charge is 0.226 e. The number of hydrogen-bond donors (Lipinski definition) is 2. The Kier molecular flexibility index (Phi) is 6.60. The van der Waals surface area contributed by atoms with Crippen LogP contribution in [0.2, 0.25) is 0 Å². The van der Waals surface area contributed by atoms with Gasteiger partial charge in [-0.1, -0.05) is 6.07 Å². The molecule has 1 aliphatic rings. The number of morpholine rings is 1. The Morgan fingerprint density at radius 3 is 2.86 bits per heavy atom. The van der Waals surface area contributed by atoms with Gasteiger partial charge in [-0.2, -0.15) is 0 Å². The number of rotatable bonds is 4. The zero-order chi connectivity index (χ0) is 14.6. The van der Waals surface area contributed by atoms with Crippen molar-refractivity contribution >= 4 is 33.8 Å². The molecule has 0 bridgehead atoms. The molecule has 21 heavy (non-hydrogen) atoms. The molecule has 1 atom stereocenters. The minimum atomic E-state index is -3.27. The predicted octanol–water partition coefficient (Wildman–Crippen LogP) is 0.829. The van der Waals surface area contributed by atoms with E-state index < -0.39 is 9.84 Å². The van der Waals surface area contributed by atoms with Crippen molar-refractivity contribution < 1.29 is 17.9 Å². The molecular formula is C13H19ClN2O4S. The van der Waals surface area contributed by atoms with E-state index in [9.17, 15) is 13.2 Å². The van der Waals surface area contributed by atoms with E-state index in [0.717, 1.165) is 12.8 Å². The summed E-state index contributed by atoms with van der Waals surface area (Å²) in [6.45, 7) is 1.91. The lowest BCUT2D eigenvalue weighted by Gasteiger charge is -2.23. The Hall–Kier alpha value is -1.15. The van der Waals surface area contributed by atoms with Crippen LogP contribution in [0.3, 0.4) is 0 Å². The van der Waals surface area contributed by atoms with Crippen LogP contribution in [0.5, 0.6) is 0 Å². The van der Waals surface area contributed by atoms with Crippen molar-refractivity contribution in [1.29, 1.82) is 0 Å². The monoisotopic (exact) mass is 334 g/mol. The molecule has 1 aromatic carbocycles. The molecule has 1 aliphatic heterocycles. The van der Waals surface area contributed by atoms with Crippen molar-refractivity contribution in [2.24, 2.45) is 0 Å². The number of nitrogens with one attached hydrogen (secondary N) is 2. The van der Waals surface area contributed by atoms with Crippen LogP contribution in [-0.2, 0) is 19.4 Å². The van der Waals surface area contributed by atoms with Crippen LogP contribution in [0, 0.1) is 0 Å². The molecule has 1 unspecified atom stereocenters. The van der Waals surface area contributed by atoms with Crippen LogP contribution < -0.4 is 10.6 Å². The maximum Gasteiger partial charge on any atom is 0.226 e. The average Bonchev–Trinajstić information content (AvgIpc) is 2.39. The normalized spacial score (nSPS) is 18.6. The number of amides is 1. The van der Waals surface area contributed by atoms with Gasteiger partial charge in [0.1, 0.15) is 0 Å². The lowest BCUT2D eigenvalue weighted by molar-refractivity contribution is -0.117. The summed E-state index contributed by atoms with van der Waals surface area (Å²) in [5.41, 5.74) is 0.481. The van der Waals surface area contributed by atoms with Crippen molar-refractivity contribution in [2.45, 2.75) is 17.4 Å². The second-order valence-corrected chi connectivity index (χ2v) is 6.79. The van der Waals surface area contributed by atoms with Gasteiger partial charge in [-0.3, -0.25) is 4.79 Å². The maximum atomic E-state index is 11.9. The lowest BCUT2D eigenvalue weighted by atomic mass is 10.2. The number of carbonyl (C=O) groups excluding carboxylic acids is 1. The minimum Gasteiger partial charge on any atom is -0.378 e. The molecule has 2 rings (SSSR count). The van der Waals surface area contributed by atoms with Crippen LogP contribution in [-0.4, -0.2) is 46.4 Å². The molecule has 1 amide bonds. The van der Waals surface area contributed by atoms with E-state index in [1.807, 2.05) is 0 Å². The molecule has 0 saturated carbocycles. The molecule has 118 valence electrons. The van der Waals surface area contributed by atoms with Gasteiger partial charge in [-0.15, -0.1) is 12.4 Å². The molecule has 0 radical (unpaired) electrons.